The third-order valence-corrected chi connectivity index (χ3v) is 6.00. The zero-order valence-electron chi connectivity index (χ0n) is 14.8. The van der Waals surface area contributed by atoms with E-state index in [4.69, 9.17) is 4.74 Å². The summed E-state index contributed by atoms with van der Waals surface area (Å²) in [6, 6.07) is 6.11. The first-order valence-electron chi connectivity index (χ1n) is 9.27. The lowest BCUT2D eigenvalue weighted by Gasteiger charge is -2.26. The summed E-state index contributed by atoms with van der Waals surface area (Å²) in [6.45, 7) is 4.01. The number of hydrogen-bond acceptors (Lipinski definition) is 6. The third kappa shape index (κ3) is 3.86. The minimum Gasteiger partial charge on any atom is -0.478 e. The van der Waals surface area contributed by atoms with Crippen LogP contribution in [0.4, 0.5) is 0 Å². The monoisotopic (exact) mass is 369 g/mol. The Bertz CT molecular complexity index is 906. The predicted molar refractivity (Wildman–Crippen MR) is 104 cm³/mol. The molecule has 3 heterocycles. The molecule has 0 aromatic carbocycles. The van der Waals surface area contributed by atoms with Crippen LogP contribution in [0.5, 0.6) is 5.88 Å². The van der Waals surface area contributed by atoms with Gasteiger partial charge in [0.05, 0.1) is 12.0 Å². The molecule has 26 heavy (non-hydrogen) atoms. The summed E-state index contributed by atoms with van der Waals surface area (Å²) >= 11 is 1.87. The van der Waals surface area contributed by atoms with Crippen molar-refractivity contribution in [3.8, 4) is 5.88 Å². The van der Waals surface area contributed by atoms with Gasteiger partial charge in [0.15, 0.2) is 0 Å². The van der Waals surface area contributed by atoms with Gasteiger partial charge < -0.3 is 4.74 Å². The quantitative estimate of drug-likeness (QED) is 0.556. The average Bonchev–Trinajstić information content (AvgIpc) is 3.15. The van der Waals surface area contributed by atoms with Crippen molar-refractivity contribution in [3.05, 3.63) is 49.5 Å². The number of pyridine rings is 1. The van der Waals surface area contributed by atoms with Crippen LogP contribution in [0.25, 0.3) is 11.8 Å². The number of nitrogens with zero attached hydrogens (tertiary/aromatic N) is 3. The first-order valence-corrected chi connectivity index (χ1v) is 10.2. The van der Waals surface area contributed by atoms with E-state index < -0.39 is 0 Å². The fourth-order valence-corrected chi connectivity index (χ4v) is 4.57. The lowest BCUT2D eigenvalue weighted by molar-refractivity contribution is 0.235. The molecule has 0 atom stereocenters. The molecule has 1 aliphatic carbocycles. The Morgan fingerprint density at radius 1 is 1.23 bits per heavy atom. The number of ether oxygens (including phenoxy) is 1. The summed E-state index contributed by atoms with van der Waals surface area (Å²) in [7, 11) is 0. The highest BCUT2D eigenvalue weighted by Crippen LogP contribution is 2.24. The molecule has 0 fully saturated rings. The standard InChI is InChI=1S/C20H23N3O2S/c24-22-17-5-3-4-16-6-7-19(21-20(16)17)25-12-2-1-10-23-11-8-15-9-13-26-18(15)14-23/h4,6-7,9,13H,1-3,5,8,10-12,14H2. The molecule has 136 valence electrons. The van der Waals surface area contributed by atoms with Crippen LogP contribution >= 0.6 is 11.3 Å². The van der Waals surface area contributed by atoms with Crippen molar-refractivity contribution in [1.29, 1.82) is 0 Å². The summed E-state index contributed by atoms with van der Waals surface area (Å²) in [5.74, 6) is 0.585. The molecule has 0 spiro atoms. The second-order valence-corrected chi connectivity index (χ2v) is 7.82. The zero-order valence-corrected chi connectivity index (χ0v) is 15.6. The molecule has 0 radical (unpaired) electrons. The van der Waals surface area contributed by atoms with Gasteiger partial charge in [0, 0.05) is 24.0 Å². The van der Waals surface area contributed by atoms with E-state index in [-0.39, 0.29) is 0 Å². The van der Waals surface area contributed by atoms with E-state index in [2.05, 4.69) is 32.6 Å². The van der Waals surface area contributed by atoms with Gasteiger partial charge in [-0.15, -0.1) is 16.2 Å². The van der Waals surface area contributed by atoms with Crippen LogP contribution in [-0.4, -0.2) is 29.6 Å². The molecule has 0 saturated heterocycles. The van der Waals surface area contributed by atoms with Crippen LogP contribution in [0.15, 0.2) is 28.8 Å². The van der Waals surface area contributed by atoms with E-state index >= 15 is 0 Å². The van der Waals surface area contributed by atoms with Crippen LogP contribution in [0.1, 0.15) is 36.1 Å². The highest BCUT2D eigenvalue weighted by atomic mass is 32.1. The van der Waals surface area contributed by atoms with Crippen LogP contribution in [-0.2, 0) is 13.0 Å². The van der Waals surface area contributed by atoms with Gasteiger partial charge in [-0.2, -0.15) is 0 Å². The largest absolute Gasteiger partial charge is 0.478 e. The number of hydrogen-bond donors (Lipinski definition) is 0. The number of nitroso groups, excluding NO2 is 1. The van der Waals surface area contributed by atoms with Crippen molar-refractivity contribution in [1.82, 2.24) is 9.88 Å². The molecule has 4 rings (SSSR count). The first-order chi connectivity index (χ1) is 12.8. The maximum absolute atomic E-state index is 11.0. The fraction of sp³-hybridized carbons (Fsp3) is 0.450. The van der Waals surface area contributed by atoms with Crippen molar-refractivity contribution < 1.29 is 4.74 Å². The van der Waals surface area contributed by atoms with E-state index in [1.165, 1.54) is 16.9 Å². The highest BCUT2D eigenvalue weighted by Gasteiger charge is 2.16. The summed E-state index contributed by atoms with van der Waals surface area (Å²) in [5.41, 5.74) is 2.07. The number of aromatic nitrogens is 1. The van der Waals surface area contributed by atoms with E-state index in [1.54, 1.807) is 0 Å². The molecule has 0 saturated carbocycles. The van der Waals surface area contributed by atoms with E-state index in [1.807, 2.05) is 23.5 Å². The number of thiophene rings is 1. The van der Waals surface area contributed by atoms with Gasteiger partial charge >= 0.3 is 0 Å². The second-order valence-electron chi connectivity index (χ2n) is 6.82. The van der Waals surface area contributed by atoms with Gasteiger partial charge in [-0.1, -0.05) is 6.08 Å². The van der Waals surface area contributed by atoms with E-state index in [0.29, 0.717) is 30.0 Å². The van der Waals surface area contributed by atoms with Gasteiger partial charge in [0.2, 0.25) is 5.88 Å². The normalized spacial score (nSPS) is 16.5. The minimum absolute atomic E-state index is 0.533. The van der Waals surface area contributed by atoms with E-state index in [0.717, 1.165) is 44.1 Å². The molecular formula is C20H23N3O2S. The van der Waals surface area contributed by atoms with Gasteiger partial charge in [-0.05, 0) is 72.1 Å². The van der Waals surface area contributed by atoms with Crippen molar-refractivity contribution in [2.45, 2.75) is 38.6 Å². The van der Waals surface area contributed by atoms with Crippen LogP contribution < -0.4 is 15.3 Å². The minimum atomic E-state index is 0.533. The van der Waals surface area contributed by atoms with Gasteiger partial charge in [0.1, 0.15) is 5.70 Å². The molecule has 1 aliphatic heterocycles. The maximum Gasteiger partial charge on any atom is 0.213 e. The summed E-state index contributed by atoms with van der Waals surface area (Å²) in [4.78, 5) is 19.5. The molecule has 0 amide bonds. The summed E-state index contributed by atoms with van der Waals surface area (Å²) in [6.07, 6.45) is 6.90. The molecule has 2 aromatic heterocycles. The van der Waals surface area contributed by atoms with Crippen molar-refractivity contribution in [2.24, 2.45) is 5.18 Å². The molecule has 6 heteroatoms. The zero-order chi connectivity index (χ0) is 17.8. The van der Waals surface area contributed by atoms with Crippen molar-refractivity contribution in [3.63, 3.8) is 0 Å². The number of unbranched alkanes of at least 4 members (excludes halogenated alkanes) is 1. The highest BCUT2D eigenvalue weighted by molar-refractivity contribution is 7.10. The fourth-order valence-electron chi connectivity index (χ4n) is 3.59. The Labute approximate surface area is 157 Å². The smallest absolute Gasteiger partial charge is 0.213 e. The number of rotatable bonds is 7. The molecule has 0 unspecified atom stereocenters. The predicted octanol–water partition coefficient (Wildman–Crippen LogP) is 2.81. The molecule has 2 aliphatic rings. The Morgan fingerprint density at radius 3 is 3.12 bits per heavy atom. The van der Waals surface area contributed by atoms with Gasteiger partial charge in [-0.3, -0.25) is 4.90 Å². The maximum atomic E-state index is 11.0. The Morgan fingerprint density at radius 2 is 2.19 bits per heavy atom. The van der Waals surface area contributed by atoms with Gasteiger partial charge in [-0.25, -0.2) is 4.98 Å². The lowest BCUT2D eigenvalue weighted by atomic mass is 10.1. The van der Waals surface area contributed by atoms with E-state index in [9.17, 15) is 4.91 Å². The Hall–Kier alpha value is -2.05. The topological polar surface area (TPSA) is 54.8 Å². The SMILES string of the molecule is O=NC1=c2nc(OCCCCN3CCc4ccsc4C3)ccc2=CCC1. The van der Waals surface area contributed by atoms with Crippen molar-refractivity contribution >= 4 is 23.1 Å². The van der Waals surface area contributed by atoms with Crippen LogP contribution in [0.2, 0.25) is 0 Å². The van der Waals surface area contributed by atoms with Crippen LogP contribution in [0.3, 0.4) is 0 Å². The van der Waals surface area contributed by atoms with Crippen molar-refractivity contribution in [2.75, 3.05) is 19.7 Å². The number of fused-ring (bicyclic) bond motifs is 2. The molecular weight excluding hydrogens is 346 g/mol. The van der Waals surface area contributed by atoms with Gasteiger partial charge in [0.25, 0.3) is 0 Å². The Balaban J connectivity index is 1.25. The molecule has 0 bridgehead atoms. The average molecular weight is 369 g/mol. The second kappa shape index (κ2) is 8.10. The summed E-state index contributed by atoms with van der Waals surface area (Å²) in [5, 5.41) is 7.00. The molecule has 5 nitrogen and oxygen atoms in total. The van der Waals surface area contributed by atoms with Crippen LogP contribution in [0, 0.1) is 4.91 Å². The third-order valence-electron chi connectivity index (χ3n) is 5.05. The molecule has 2 aromatic rings. The first kappa shape index (κ1) is 17.4. The molecule has 0 N–H and O–H groups in total. The lowest BCUT2D eigenvalue weighted by Crippen LogP contribution is -2.32. The summed E-state index contributed by atoms with van der Waals surface area (Å²) < 4.78 is 5.80. The Kier molecular flexibility index (Phi) is 5.41.